The van der Waals surface area contributed by atoms with Crippen molar-refractivity contribution in [3.8, 4) is 0 Å². The van der Waals surface area contributed by atoms with E-state index in [1.165, 1.54) is 39.2 Å². The van der Waals surface area contributed by atoms with Gasteiger partial charge in [0.2, 0.25) is 0 Å². The second-order valence-corrected chi connectivity index (χ2v) is 11.6. The molecule has 4 aliphatic rings. The first kappa shape index (κ1) is 22.9. The zero-order valence-corrected chi connectivity index (χ0v) is 19.4. The van der Waals surface area contributed by atoms with Crippen LogP contribution in [0.15, 0.2) is 0 Å². The molecule has 0 amide bonds. The van der Waals surface area contributed by atoms with Crippen molar-refractivity contribution in [2.75, 3.05) is 14.2 Å². The molecule has 0 unspecified atom stereocenters. The number of fused-ring (bicyclic) bond motifs is 5. The van der Waals surface area contributed by atoms with Gasteiger partial charge in [0.05, 0.1) is 6.10 Å². The van der Waals surface area contributed by atoms with Gasteiger partial charge in [0.15, 0.2) is 6.10 Å². The van der Waals surface area contributed by atoms with Crippen LogP contribution in [0.2, 0.25) is 0 Å². The lowest BCUT2D eigenvalue weighted by atomic mass is 9.44. The Hall–Kier alpha value is -0.290. The Balaban J connectivity index is 1.54. The van der Waals surface area contributed by atoms with Gasteiger partial charge >= 0.3 is 6.18 Å². The molecule has 2 nitrogen and oxygen atoms in total. The minimum absolute atomic E-state index is 0.0234. The maximum atomic E-state index is 13.6. The third-order valence-corrected chi connectivity index (χ3v) is 10.7. The van der Waals surface area contributed by atoms with E-state index in [2.05, 4.69) is 13.8 Å². The van der Waals surface area contributed by atoms with Crippen molar-refractivity contribution in [2.45, 2.75) is 96.9 Å². The van der Waals surface area contributed by atoms with Crippen LogP contribution in [0, 0.1) is 46.3 Å². The monoisotopic (exact) mass is 430 g/mol. The fourth-order valence-corrected chi connectivity index (χ4v) is 9.19. The average molecular weight is 431 g/mol. The summed E-state index contributed by atoms with van der Waals surface area (Å²) in [4.78, 5) is 0. The normalized spacial score (nSPS) is 48.4. The maximum absolute atomic E-state index is 13.6. The summed E-state index contributed by atoms with van der Waals surface area (Å²) in [6.07, 6.45) is 4.92. The van der Waals surface area contributed by atoms with Crippen LogP contribution in [-0.4, -0.2) is 32.6 Å². The molecule has 0 aromatic rings. The minimum Gasteiger partial charge on any atom is -0.381 e. The summed E-state index contributed by atoms with van der Waals surface area (Å²) in [5.74, 6) is 2.37. The Morgan fingerprint density at radius 2 is 1.53 bits per heavy atom. The fraction of sp³-hybridized carbons (Fsp3) is 1.00. The maximum Gasteiger partial charge on any atom is 0.414 e. The van der Waals surface area contributed by atoms with Crippen molar-refractivity contribution in [2.24, 2.45) is 46.3 Å². The van der Waals surface area contributed by atoms with E-state index >= 15 is 0 Å². The van der Waals surface area contributed by atoms with E-state index in [1.54, 1.807) is 6.92 Å². The van der Waals surface area contributed by atoms with Gasteiger partial charge in [-0.2, -0.15) is 13.2 Å². The van der Waals surface area contributed by atoms with Gasteiger partial charge in [0.25, 0.3) is 0 Å². The number of methoxy groups -OCH3 is 2. The Morgan fingerprint density at radius 1 is 0.867 bits per heavy atom. The summed E-state index contributed by atoms with van der Waals surface area (Å²) in [6.45, 7) is 6.64. The lowest BCUT2D eigenvalue weighted by molar-refractivity contribution is -0.237. The van der Waals surface area contributed by atoms with Gasteiger partial charge in [0.1, 0.15) is 0 Å². The third kappa shape index (κ3) is 3.45. The quantitative estimate of drug-likeness (QED) is 0.484. The molecule has 0 aromatic carbocycles. The summed E-state index contributed by atoms with van der Waals surface area (Å²) >= 11 is 0. The van der Waals surface area contributed by atoms with Crippen molar-refractivity contribution < 1.29 is 22.6 Å². The molecule has 0 aliphatic heterocycles. The highest BCUT2D eigenvalue weighted by Crippen LogP contribution is 2.68. The molecule has 10 atom stereocenters. The SMILES string of the molecule is CO[C@@H]1CC[C@@]2(C)[C@H](CC[C@@H]3[C@@H]2CC[C@]2(C)[C@@H]([C@H](C)[C@H](OC)C(F)(F)F)CC[C@@H]32)C1. The first-order chi connectivity index (χ1) is 14.1. The van der Waals surface area contributed by atoms with Gasteiger partial charge in [-0.05, 0) is 104 Å². The van der Waals surface area contributed by atoms with Crippen LogP contribution in [-0.2, 0) is 9.47 Å². The van der Waals surface area contributed by atoms with Crippen molar-refractivity contribution in [1.29, 1.82) is 0 Å². The molecule has 0 bridgehead atoms. The molecule has 0 radical (unpaired) electrons. The van der Waals surface area contributed by atoms with Gasteiger partial charge in [-0.3, -0.25) is 0 Å². The highest BCUT2D eigenvalue weighted by atomic mass is 19.4. The standard InChI is InChI=1S/C25H41F3O2/c1-15(22(30-5)25(26,27)28)19-8-9-20-18-7-6-16-14-17(29-4)10-12-23(16,2)21(18)11-13-24(19,20)3/h15-22H,6-14H2,1-5H3/t15-,16+,17+,18-,19+,20-,21-,22-,23-,24+/m0/s1. The second kappa shape index (κ2) is 7.93. The van der Waals surface area contributed by atoms with E-state index in [1.807, 2.05) is 7.11 Å². The Kier molecular flexibility index (Phi) is 6.05. The molecule has 4 saturated carbocycles. The molecule has 4 aliphatic carbocycles. The van der Waals surface area contributed by atoms with Crippen LogP contribution in [0.5, 0.6) is 0 Å². The van der Waals surface area contributed by atoms with Crippen molar-refractivity contribution >= 4 is 0 Å². The zero-order chi connectivity index (χ0) is 21.9. The molecule has 0 spiro atoms. The molecule has 0 aromatic heterocycles. The summed E-state index contributed by atoms with van der Waals surface area (Å²) in [5, 5.41) is 0. The van der Waals surface area contributed by atoms with Crippen molar-refractivity contribution in [3.05, 3.63) is 0 Å². The second-order valence-electron chi connectivity index (χ2n) is 11.6. The first-order valence-corrected chi connectivity index (χ1v) is 12.2. The molecule has 174 valence electrons. The topological polar surface area (TPSA) is 18.5 Å². The molecule has 4 fully saturated rings. The van der Waals surface area contributed by atoms with Gasteiger partial charge < -0.3 is 9.47 Å². The zero-order valence-electron chi connectivity index (χ0n) is 19.4. The van der Waals surface area contributed by atoms with E-state index in [9.17, 15) is 13.2 Å². The van der Waals surface area contributed by atoms with Crippen molar-refractivity contribution in [3.63, 3.8) is 0 Å². The number of hydrogen-bond donors (Lipinski definition) is 0. The van der Waals surface area contributed by atoms with E-state index < -0.39 is 18.2 Å². The van der Waals surface area contributed by atoms with E-state index in [-0.39, 0.29) is 11.3 Å². The number of ether oxygens (including phenoxy) is 2. The number of rotatable bonds is 4. The minimum atomic E-state index is -4.29. The Morgan fingerprint density at radius 3 is 2.17 bits per heavy atom. The summed E-state index contributed by atoms with van der Waals surface area (Å²) in [7, 11) is 3.07. The van der Waals surface area contributed by atoms with Crippen LogP contribution in [0.25, 0.3) is 0 Å². The first-order valence-electron chi connectivity index (χ1n) is 12.2. The molecule has 30 heavy (non-hydrogen) atoms. The molecule has 0 heterocycles. The lowest BCUT2D eigenvalue weighted by Gasteiger charge is -2.61. The van der Waals surface area contributed by atoms with Crippen molar-refractivity contribution in [1.82, 2.24) is 0 Å². The average Bonchev–Trinajstić information content (AvgIpc) is 3.04. The molecule has 0 N–H and O–H groups in total. The molecule has 5 heteroatoms. The van der Waals surface area contributed by atoms with Crippen LogP contribution in [0.3, 0.4) is 0 Å². The lowest BCUT2D eigenvalue weighted by Crippen LogP contribution is -2.55. The number of halogens is 3. The summed E-state index contributed by atoms with van der Waals surface area (Å²) in [5.41, 5.74) is 0.416. The van der Waals surface area contributed by atoms with Crippen LogP contribution >= 0.6 is 0 Å². The summed E-state index contributed by atoms with van der Waals surface area (Å²) in [6, 6.07) is 0. The predicted octanol–water partition coefficient (Wildman–Crippen LogP) is 6.87. The number of hydrogen-bond acceptors (Lipinski definition) is 2. The highest BCUT2D eigenvalue weighted by molar-refractivity contribution is 5.10. The van der Waals surface area contributed by atoms with E-state index in [0.717, 1.165) is 37.5 Å². The van der Waals surface area contributed by atoms with Crippen LogP contribution in [0.1, 0.15) is 78.6 Å². The molecule has 0 saturated heterocycles. The third-order valence-electron chi connectivity index (χ3n) is 10.7. The van der Waals surface area contributed by atoms with Crippen LogP contribution < -0.4 is 0 Å². The molecule has 4 rings (SSSR count). The van der Waals surface area contributed by atoms with Crippen LogP contribution in [0.4, 0.5) is 13.2 Å². The number of alkyl halides is 3. The summed E-state index contributed by atoms with van der Waals surface area (Å²) < 4.78 is 51.5. The van der Waals surface area contributed by atoms with Gasteiger partial charge in [-0.1, -0.05) is 20.8 Å². The Labute approximate surface area is 180 Å². The largest absolute Gasteiger partial charge is 0.414 e. The van der Waals surface area contributed by atoms with Gasteiger partial charge in [0, 0.05) is 14.2 Å². The predicted molar refractivity (Wildman–Crippen MR) is 112 cm³/mol. The van der Waals surface area contributed by atoms with Gasteiger partial charge in [-0.15, -0.1) is 0 Å². The van der Waals surface area contributed by atoms with E-state index in [0.29, 0.717) is 23.4 Å². The fourth-order valence-electron chi connectivity index (χ4n) is 9.19. The highest BCUT2D eigenvalue weighted by Gasteiger charge is 2.62. The molecular weight excluding hydrogens is 389 g/mol. The van der Waals surface area contributed by atoms with Gasteiger partial charge in [-0.25, -0.2) is 0 Å². The smallest absolute Gasteiger partial charge is 0.381 e. The Bertz CT molecular complexity index is 622. The van der Waals surface area contributed by atoms with E-state index in [4.69, 9.17) is 9.47 Å². The molecular formula is C25H41F3O2.